The number of carbonyl (C=O) groups is 4. The Bertz CT molecular complexity index is 888. The summed E-state index contributed by atoms with van der Waals surface area (Å²) in [5.41, 5.74) is 2.66. The Balaban J connectivity index is 1.89. The van der Waals surface area contributed by atoms with Crippen molar-refractivity contribution in [1.82, 2.24) is 10.6 Å². The lowest BCUT2D eigenvalue weighted by molar-refractivity contribution is -0.119. The average molecular weight is 453 g/mol. The Kier molecular flexibility index (Phi) is 9.79. The molecule has 0 spiro atoms. The van der Waals surface area contributed by atoms with Crippen molar-refractivity contribution >= 4 is 23.8 Å². The van der Waals surface area contributed by atoms with Crippen molar-refractivity contribution in [3.63, 3.8) is 0 Å². The van der Waals surface area contributed by atoms with Gasteiger partial charge in [-0.1, -0.05) is 38.1 Å². The minimum atomic E-state index is -0.704. The van der Waals surface area contributed by atoms with Gasteiger partial charge in [0.15, 0.2) is 0 Å². The highest BCUT2D eigenvalue weighted by Crippen LogP contribution is 2.21. The van der Waals surface area contributed by atoms with E-state index in [9.17, 15) is 19.2 Å². The molecule has 0 aromatic heterocycles. The zero-order valence-corrected chi connectivity index (χ0v) is 19.6. The SMILES string of the molecule is CC(=O)NCCC(C)c1ccc(C(=O)OC(=O)c2ccc(C(C)CCNC(C)=O)cc2)cc1. The molecule has 7 nitrogen and oxygen atoms in total. The quantitative estimate of drug-likeness (QED) is 0.420. The molecule has 2 rings (SSSR count). The van der Waals surface area contributed by atoms with Crippen molar-refractivity contribution in [3.05, 3.63) is 70.8 Å². The van der Waals surface area contributed by atoms with Gasteiger partial charge in [-0.2, -0.15) is 0 Å². The number of ether oxygens (including phenoxy) is 1. The van der Waals surface area contributed by atoms with E-state index in [-0.39, 0.29) is 23.7 Å². The average Bonchev–Trinajstić information content (AvgIpc) is 2.78. The van der Waals surface area contributed by atoms with Crippen LogP contribution in [0.3, 0.4) is 0 Å². The Morgan fingerprint density at radius 2 is 1.00 bits per heavy atom. The largest absolute Gasteiger partial charge is 0.386 e. The van der Waals surface area contributed by atoms with Crippen LogP contribution in [0, 0.1) is 0 Å². The van der Waals surface area contributed by atoms with Crippen molar-refractivity contribution in [1.29, 1.82) is 0 Å². The van der Waals surface area contributed by atoms with Gasteiger partial charge in [0.25, 0.3) is 0 Å². The molecule has 0 aliphatic carbocycles. The first-order chi connectivity index (χ1) is 15.7. The molecule has 176 valence electrons. The van der Waals surface area contributed by atoms with Crippen LogP contribution in [0.4, 0.5) is 0 Å². The molecule has 2 aromatic rings. The second-order valence-corrected chi connectivity index (χ2v) is 8.27. The van der Waals surface area contributed by atoms with Gasteiger partial charge in [0, 0.05) is 26.9 Å². The second-order valence-electron chi connectivity index (χ2n) is 8.27. The Labute approximate surface area is 194 Å². The molecular formula is C26H32N2O5. The molecule has 0 saturated heterocycles. The lowest BCUT2D eigenvalue weighted by atomic mass is 9.96. The lowest BCUT2D eigenvalue weighted by Crippen LogP contribution is -2.22. The topological polar surface area (TPSA) is 102 Å². The van der Waals surface area contributed by atoms with Gasteiger partial charge in [-0.05, 0) is 60.1 Å². The van der Waals surface area contributed by atoms with Crippen LogP contribution in [0.5, 0.6) is 0 Å². The third-order valence-corrected chi connectivity index (χ3v) is 5.52. The fourth-order valence-corrected chi connectivity index (χ4v) is 3.36. The zero-order chi connectivity index (χ0) is 24.4. The van der Waals surface area contributed by atoms with Crippen molar-refractivity contribution in [2.75, 3.05) is 13.1 Å². The number of carbonyl (C=O) groups excluding carboxylic acids is 4. The second kappa shape index (κ2) is 12.5. The smallest absolute Gasteiger partial charge is 0.346 e. The van der Waals surface area contributed by atoms with Crippen LogP contribution in [0.25, 0.3) is 0 Å². The maximum Gasteiger partial charge on any atom is 0.346 e. The first-order valence-electron chi connectivity index (χ1n) is 11.1. The van der Waals surface area contributed by atoms with Crippen LogP contribution >= 0.6 is 0 Å². The number of amides is 2. The maximum absolute atomic E-state index is 12.4. The summed E-state index contributed by atoms with van der Waals surface area (Å²) in [6.45, 7) is 8.23. The van der Waals surface area contributed by atoms with E-state index in [1.165, 1.54) is 13.8 Å². The van der Waals surface area contributed by atoms with E-state index in [0.717, 1.165) is 24.0 Å². The molecule has 33 heavy (non-hydrogen) atoms. The zero-order valence-electron chi connectivity index (χ0n) is 19.6. The molecule has 2 N–H and O–H groups in total. The predicted octanol–water partition coefficient (Wildman–Crippen LogP) is 3.94. The molecular weight excluding hydrogens is 420 g/mol. The van der Waals surface area contributed by atoms with Crippen molar-refractivity contribution in [2.24, 2.45) is 0 Å². The molecule has 0 aliphatic rings. The van der Waals surface area contributed by atoms with Crippen LogP contribution in [-0.2, 0) is 14.3 Å². The van der Waals surface area contributed by atoms with E-state index in [2.05, 4.69) is 10.6 Å². The molecule has 2 unspecified atom stereocenters. The third kappa shape index (κ3) is 8.52. The lowest BCUT2D eigenvalue weighted by Gasteiger charge is -2.13. The van der Waals surface area contributed by atoms with E-state index in [1.54, 1.807) is 24.3 Å². The summed E-state index contributed by atoms with van der Waals surface area (Å²) < 4.78 is 5.03. The van der Waals surface area contributed by atoms with Crippen LogP contribution in [-0.4, -0.2) is 36.8 Å². The maximum atomic E-state index is 12.4. The van der Waals surface area contributed by atoms with E-state index in [0.29, 0.717) is 24.2 Å². The first kappa shape index (κ1) is 25.8. The van der Waals surface area contributed by atoms with E-state index < -0.39 is 11.9 Å². The van der Waals surface area contributed by atoms with Crippen molar-refractivity contribution < 1.29 is 23.9 Å². The van der Waals surface area contributed by atoms with Gasteiger partial charge in [-0.15, -0.1) is 0 Å². The summed E-state index contributed by atoms with van der Waals surface area (Å²) in [6, 6.07) is 13.9. The third-order valence-electron chi connectivity index (χ3n) is 5.52. The van der Waals surface area contributed by atoms with Crippen LogP contribution in [0.1, 0.15) is 84.2 Å². The number of hydrogen-bond acceptors (Lipinski definition) is 5. The van der Waals surface area contributed by atoms with Crippen LogP contribution < -0.4 is 10.6 Å². The van der Waals surface area contributed by atoms with E-state index in [4.69, 9.17) is 4.74 Å². The minimum absolute atomic E-state index is 0.0592. The summed E-state index contributed by atoms with van der Waals surface area (Å²) in [4.78, 5) is 46.7. The summed E-state index contributed by atoms with van der Waals surface area (Å²) in [5.74, 6) is -1.10. The Morgan fingerprint density at radius 1 is 0.667 bits per heavy atom. The Morgan fingerprint density at radius 3 is 1.30 bits per heavy atom. The number of esters is 2. The van der Waals surface area contributed by atoms with Gasteiger partial charge < -0.3 is 15.4 Å². The van der Waals surface area contributed by atoms with Crippen molar-refractivity contribution in [2.45, 2.75) is 52.4 Å². The van der Waals surface area contributed by atoms with Gasteiger partial charge in [-0.25, -0.2) is 9.59 Å². The molecule has 0 radical (unpaired) electrons. The summed E-state index contributed by atoms with van der Waals surface area (Å²) in [6.07, 6.45) is 1.56. The molecule has 0 aliphatic heterocycles. The molecule has 2 aromatic carbocycles. The summed E-state index contributed by atoms with van der Waals surface area (Å²) >= 11 is 0. The minimum Gasteiger partial charge on any atom is -0.386 e. The monoisotopic (exact) mass is 452 g/mol. The fraction of sp³-hybridized carbons (Fsp3) is 0.385. The van der Waals surface area contributed by atoms with Crippen LogP contribution in [0.15, 0.2) is 48.5 Å². The van der Waals surface area contributed by atoms with E-state index >= 15 is 0 Å². The van der Waals surface area contributed by atoms with Gasteiger partial charge in [0.05, 0.1) is 11.1 Å². The highest BCUT2D eigenvalue weighted by molar-refractivity contribution is 6.02. The van der Waals surface area contributed by atoms with Crippen molar-refractivity contribution in [3.8, 4) is 0 Å². The first-order valence-corrected chi connectivity index (χ1v) is 11.1. The molecule has 0 fully saturated rings. The number of hydrogen-bond donors (Lipinski definition) is 2. The molecule has 7 heteroatoms. The van der Waals surface area contributed by atoms with Gasteiger partial charge in [-0.3, -0.25) is 9.59 Å². The van der Waals surface area contributed by atoms with Gasteiger partial charge in [0.2, 0.25) is 11.8 Å². The number of benzene rings is 2. The highest BCUT2D eigenvalue weighted by atomic mass is 16.6. The molecule has 2 atom stereocenters. The fourth-order valence-electron chi connectivity index (χ4n) is 3.36. The molecule has 0 bridgehead atoms. The molecule has 2 amide bonds. The molecule has 0 saturated carbocycles. The highest BCUT2D eigenvalue weighted by Gasteiger charge is 2.16. The molecule has 0 heterocycles. The van der Waals surface area contributed by atoms with Gasteiger partial charge >= 0.3 is 11.9 Å². The summed E-state index contributed by atoms with van der Waals surface area (Å²) in [7, 11) is 0. The summed E-state index contributed by atoms with van der Waals surface area (Å²) in [5, 5.41) is 5.54. The number of rotatable bonds is 10. The van der Waals surface area contributed by atoms with E-state index in [1.807, 2.05) is 38.1 Å². The van der Waals surface area contributed by atoms with Crippen LogP contribution in [0.2, 0.25) is 0 Å². The normalized spacial score (nSPS) is 12.4. The standard InChI is InChI=1S/C26H32N2O5/c1-17(13-15-27-19(3)29)21-5-9-23(10-6-21)25(31)33-26(32)24-11-7-22(8-12-24)18(2)14-16-28-20(4)30/h5-12,17-18H,13-16H2,1-4H3,(H,27,29)(H,28,30). The predicted molar refractivity (Wildman–Crippen MR) is 126 cm³/mol. The Hall–Kier alpha value is -3.48. The van der Waals surface area contributed by atoms with Gasteiger partial charge in [0.1, 0.15) is 0 Å². The number of nitrogens with one attached hydrogen (secondary N) is 2.